The van der Waals surface area contributed by atoms with Crippen molar-refractivity contribution in [1.82, 2.24) is 4.90 Å². The van der Waals surface area contributed by atoms with Crippen LogP contribution in [-0.4, -0.2) is 38.6 Å². The molecule has 1 atom stereocenters. The maximum absolute atomic E-state index is 5.36. The minimum atomic E-state index is -0.222. The monoisotopic (exact) mass is 147 g/mol. The minimum Gasteiger partial charge on any atom is -0.343 e. The first-order valence-electron chi connectivity index (χ1n) is 3.42. The van der Waals surface area contributed by atoms with Gasteiger partial charge in [-0.1, -0.05) is 0 Å². The van der Waals surface area contributed by atoms with E-state index in [0.29, 0.717) is 0 Å². The van der Waals surface area contributed by atoms with Gasteiger partial charge in [-0.3, -0.25) is 4.90 Å². The van der Waals surface area contributed by atoms with E-state index >= 15 is 0 Å². The van der Waals surface area contributed by atoms with Crippen molar-refractivity contribution in [2.24, 2.45) is 0 Å². The molecule has 0 aromatic rings. The molecular formula is C7H17NO2. The Kier molecular flexibility index (Phi) is 4.60. The van der Waals surface area contributed by atoms with E-state index in [1.54, 1.807) is 7.11 Å². The molecule has 0 bridgehead atoms. The Morgan fingerprint density at radius 2 is 1.70 bits per heavy atom. The number of ether oxygens (including phenoxy) is 2. The van der Waals surface area contributed by atoms with Gasteiger partial charge in [0.15, 0.2) is 0 Å². The van der Waals surface area contributed by atoms with Gasteiger partial charge in [0.05, 0.1) is 6.10 Å². The lowest BCUT2D eigenvalue weighted by atomic mass is 10.5. The molecule has 0 aromatic carbocycles. The lowest BCUT2D eigenvalue weighted by molar-refractivity contribution is -0.213. The van der Waals surface area contributed by atoms with Gasteiger partial charge in [0.1, 0.15) is 0 Å². The number of hydrogen-bond acceptors (Lipinski definition) is 3. The summed E-state index contributed by atoms with van der Waals surface area (Å²) in [6.07, 6.45) is -0.0210. The lowest BCUT2D eigenvalue weighted by Crippen LogP contribution is -2.34. The zero-order valence-corrected chi connectivity index (χ0v) is 7.42. The summed E-state index contributed by atoms with van der Waals surface area (Å²) in [7, 11) is 5.46. The van der Waals surface area contributed by atoms with Crippen LogP contribution in [0.25, 0.3) is 0 Å². The summed E-state index contributed by atoms with van der Waals surface area (Å²) < 4.78 is 10.4. The van der Waals surface area contributed by atoms with E-state index < -0.39 is 0 Å². The topological polar surface area (TPSA) is 21.7 Å². The molecule has 0 saturated heterocycles. The van der Waals surface area contributed by atoms with E-state index in [9.17, 15) is 0 Å². The van der Waals surface area contributed by atoms with E-state index in [2.05, 4.69) is 0 Å². The van der Waals surface area contributed by atoms with Gasteiger partial charge in [-0.2, -0.15) is 0 Å². The molecule has 0 heterocycles. The normalized spacial score (nSPS) is 14.7. The Morgan fingerprint density at radius 1 is 1.20 bits per heavy atom. The van der Waals surface area contributed by atoms with Gasteiger partial charge in [-0.25, -0.2) is 0 Å². The maximum atomic E-state index is 5.36. The molecule has 0 aliphatic carbocycles. The smallest absolute Gasteiger partial charge is 0.218 e. The van der Waals surface area contributed by atoms with E-state index in [-0.39, 0.29) is 12.5 Å². The molecule has 3 nitrogen and oxygen atoms in total. The van der Waals surface area contributed by atoms with E-state index in [0.717, 1.165) is 0 Å². The largest absolute Gasteiger partial charge is 0.343 e. The first kappa shape index (κ1) is 9.88. The van der Waals surface area contributed by atoms with Crippen molar-refractivity contribution in [3.8, 4) is 0 Å². The summed E-state index contributed by atoms with van der Waals surface area (Å²) in [5, 5.41) is 0. The molecular weight excluding hydrogens is 130 g/mol. The van der Waals surface area contributed by atoms with Crippen molar-refractivity contribution in [3.63, 3.8) is 0 Å². The predicted octanol–water partition coefficient (Wildman–Crippen LogP) is 0.903. The Hall–Kier alpha value is -0.120. The van der Waals surface area contributed by atoms with Crippen LogP contribution in [0.15, 0.2) is 0 Å². The number of rotatable bonds is 4. The van der Waals surface area contributed by atoms with Crippen LogP contribution in [0.5, 0.6) is 0 Å². The van der Waals surface area contributed by atoms with Crippen LogP contribution in [0.2, 0.25) is 0 Å². The molecule has 0 fully saturated rings. The Labute approximate surface area is 62.9 Å². The molecule has 0 amide bonds. The Morgan fingerprint density at radius 3 is 1.80 bits per heavy atom. The van der Waals surface area contributed by atoms with Crippen LogP contribution in [-0.2, 0) is 9.47 Å². The van der Waals surface area contributed by atoms with Crippen LogP contribution < -0.4 is 0 Å². The highest BCUT2D eigenvalue weighted by atomic mass is 16.7. The van der Waals surface area contributed by atoms with E-state index in [1.165, 1.54) is 0 Å². The molecule has 10 heavy (non-hydrogen) atoms. The van der Waals surface area contributed by atoms with Crippen molar-refractivity contribution >= 4 is 0 Å². The third-order valence-corrected chi connectivity index (χ3v) is 1.01. The molecule has 3 heteroatoms. The first-order chi connectivity index (χ1) is 4.57. The average Bonchev–Trinajstić information content (AvgIpc) is 1.81. The van der Waals surface area contributed by atoms with Crippen LogP contribution in [0.1, 0.15) is 13.8 Å². The fraction of sp³-hybridized carbons (Fsp3) is 1.00. The van der Waals surface area contributed by atoms with Crippen LogP contribution in [0.4, 0.5) is 0 Å². The van der Waals surface area contributed by atoms with Gasteiger partial charge < -0.3 is 9.47 Å². The molecule has 0 N–H and O–H groups in total. The zero-order chi connectivity index (χ0) is 8.15. The summed E-state index contributed by atoms with van der Waals surface area (Å²) in [6, 6.07) is 0. The quantitative estimate of drug-likeness (QED) is 0.551. The van der Waals surface area contributed by atoms with Gasteiger partial charge in [0.25, 0.3) is 0 Å². The second-order valence-electron chi connectivity index (χ2n) is 2.69. The molecule has 62 valence electrons. The van der Waals surface area contributed by atoms with Crippen LogP contribution in [0.3, 0.4) is 0 Å². The second kappa shape index (κ2) is 4.66. The highest BCUT2D eigenvalue weighted by Gasteiger charge is 2.10. The summed E-state index contributed by atoms with van der Waals surface area (Å²) in [4.78, 5) is 1.88. The summed E-state index contributed by atoms with van der Waals surface area (Å²) in [5.74, 6) is 0. The van der Waals surface area contributed by atoms with E-state index in [1.807, 2.05) is 32.8 Å². The second-order valence-corrected chi connectivity index (χ2v) is 2.69. The maximum Gasteiger partial charge on any atom is 0.218 e. The summed E-state index contributed by atoms with van der Waals surface area (Å²) in [6.45, 7) is 3.96. The Balaban J connectivity index is 3.60. The summed E-state index contributed by atoms with van der Waals surface area (Å²) in [5.41, 5.74) is 0. The third kappa shape index (κ3) is 3.82. The molecule has 0 aliphatic heterocycles. The van der Waals surface area contributed by atoms with Crippen molar-refractivity contribution in [1.29, 1.82) is 0 Å². The van der Waals surface area contributed by atoms with Crippen molar-refractivity contribution in [2.75, 3.05) is 21.2 Å². The highest BCUT2D eigenvalue weighted by Crippen LogP contribution is 2.00. The van der Waals surface area contributed by atoms with Gasteiger partial charge >= 0.3 is 0 Å². The third-order valence-electron chi connectivity index (χ3n) is 1.01. The number of nitrogens with zero attached hydrogens (tertiary/aromatic N) is 1. The highest BCUT2D eigenvalue weighted by molar-refractivity contribution is 4.41. The van der Waals surface area contributed by atoms with Crippen molar-refractivity contribution in [3.05, 3.63) is 0 Å². The number of methoxy groups -OCH3 is 1. The summed E-state index contributed by atoms with van der Waals surface area (Å²) >= 11 is 0. The van der Waals surface area contributed by atoms with Gasteiger partial charge in [-0.15, -0.1) is 0 Å². The number of hydrogen-bond donors (Lipinski definition) is 0. The van der Waals surface area contributed by atoms with E-state index in [4.69, 9.17) is 9.47 Å². The molecule has 0 radical (unpaired) electrons. The molecule has 0 aromatic heterocycles. The fourth-order valence-electron chi connectivity index (χ4n) is 0.621. The Bertz CT molecular complexity index is 83.7. The SMILES string of the molecule is COC(OC(C)C)N(C)C. The lowest BCUT2D eigenvalue weighted by Gasteiger charge is -2.24. The minimum absolute atomic E-state index is 0.201. The van der Waals surface area contributed by atoms with Crippen molar-refractivity contribution in [2.45, 2.75) is 26.4 Å². The van der Waals surface area contributed by atoms with Crippen LogP contribution in [0, 0.1) is 0 Å². The predicted molar refractivity (Wildman–Crippen MR) is 40.7 cm³/mol. The standard InChI is InChI=1S/C7H17NO2/c1-6(2)10-7(9-5)8(3)4/h6-7H,1-5H3. The molecule has 0 aliphatic rings. The fourth-order valence-corrected chi connectivity index (χ4v) is 0.621. The average molecular weight is 147 g/mol. The first-order valence-corrected chi connectivity index (χ1v) is 3.42. The molecule has 0 saturated carbocycles. The van der Waals surface area contributed by atoms with Crippen LogP contribution >= 0.6 is 0 Å². The molecule has 1 unspecified atom stereocenters. The van der Waals surface area contributed by atoms with Gasteiger partial charge in [0.2, 0.25) is 6.41 Å². The van der Waals surface area contributed by atoms with Gasteiger partial charge in [-0.05, 0) is 27.9 Å². The van der Waals surface area contributed by atoms with Gasteiger partial charge in [0, 0.05) is 7.11 Å². The molecule has 0 rings (SSSR count). The zero-order valence-electron chi connectivity index (χ0n) is 7.42. The van der Waals surface area contributed by atoms with Crippen molar-refractivity contribution < 1.29 is 9.47 Å². The molecule has 0 spiro atoms.